The molecule has 1 saturated heterocycles. The topological polar surface area (TPSA) is 117 Å². The van der Waals surface area contributed by atoms with E-state index in [1.807, 2.05) is 0 Å². The minimum Gasteiger partial charge on any atom is -0.466 e. The Kier molecular flexibility index (Phi) is 4.30. The number of aromatic nitrogens is 2. The average Bonchev–Trinajstić information content (AvgIpc) is 2.83. The van der Waals surface area contributed by atoms with E-state index in [2.05, 4.69) is 14.7 Å². The molecule has 0 bridgehead atoms. The second-order valence-corrected chi connectivity index (χ2v) is 4.62. The van der Waals surface area contributed by atoms with Crippen molar-refractivity contribution >= 4 is 16.7 Å². The summed E-state index contributed by atoms with van der Waals surface area (Å²) in [6, 6.07) is -0.275. The van der Waals surface area contributed by atoms with Crippen LogP contribution in [0, 0.1) is 0 Å². The second kappa shape index (κ2) is 5.76. The zero-order valence-corrected chi connectivity index (χ0v) is 10.5. The zero-order chi connectivity index (χ0) is 13.1. The molecule has 4 atom stereocenters. The lowest BCUT2D eigenvalue weighted by Gasteiger charge is -2.36. The quantitative estimate of drug-likeness (QED) is 0.522. The van der Waals surface area contributed by atoms with E-state index in [9.17, 15) is 10.2 Å². The maximum atomic E-state index is 9.89. The van der Waals surface area contributed by atoms with Crippen molar-refractivity contribution in [3.8, 4) is 6.01 Å². The molecule has 9 heteroatoms. The molecule has 0 amide bonds. The fourth-order valence-electron chi connectivity index (χ4n) is 1.68. The number of methoxy groups -OCH3 is 1. The third-order valence-electron chi connectivity index (χ3n) is 2.71. The summed E-state index contributed by atoms with van der Waals surface area (Å²) in [5, 5.41) is 31.9. The van der Waals surface area contributed by atoms with Crippen molar-refractivity contribution < 1.29 is 24.8 Å². The summed E-state index contributed by atoms with van der Waals surface area (Å²) in [4.78, 5) is 4.00. The van der Waals surface area contributed by atoms with Crippen molar-refractivity contribution in [2.24, 2.45) is 0 Å². The molecule has 1 fully saturated rings. The van der Waals surface area contributed by atoms with Crippen LogP contribution in [0.4, 0.5) is 5.13 Å². The van der Waals surface area contributed by atoms with Gasteiger partial charge < -0.3 is 30.1 Å². The van der Waals surface area contributed by atoms with Crippen LogP contribution in [0.3, 0.4) is 0 Å². The average molecular weight is 277 g/mol. The van der Waals surface area contributed by atoms with Gasteiger partial charge in [0, 0.05) is 11.5 Å². The highest BCUT2D eigenvalue weighted by atomic mass is 32.1. The molecule has 0 radical (unpaired) electrons. The molecule has 2 rings (SSSR count). The predicted molar refractivity (Wildman–Crippen MR) is 62.7 cm³/mol. The van der Waals surface area contributed by atoms with Gasteiger partial charge in [0.25, 0.3) is 0 Å². The Morgan fingerprint density at radius 1 is 1.50 bits per heavy atom. The normalized spacial score (nSPS) is 32.2. The summed E-state index contributed by atoms with van der Waals surface area (Å²) in [6.07, 6.45) is -2.95. The van der Waals surface area contributed by atoms with Gasteiger partial charge in [-0.1, -0.05) is 0 Å². The largest absolute Gasteiger partial charge is 0.466 e. The highest BCUT2D eigenvalue weighted by Gasteiger charge is 2.38. The van der Waals surface area contributed by atoms with E-state index in [0.717, 1.165) is 11.5 Å². The first-order chi connectivity index (χ1) is 8.65. The third-order valence-corrected chi connectivity index (χ3v) is 3.34. The van der Waals surface area contributed by atoms with Gasteiger partial charge in [0.2, 0.25) is 5.13 Å². The van der Waals surface area contributed by atoms with Crippen molar-refractivity contribution in [1.82, 2.24) is 9.36 Å². The number of aliphatic hydroxyl groups excluding tert-OH is 3. The lowest BCUT2D eigenvalue weighted by Crippen LogP contribution is -2.56. The Bertz CT molecular complexity index is 390. The number of nitrogens with zero attached hydrogens (tertiary/aromatic N) is 2. The summed E-state index contributed by atoms with van der Waals surface area (Å²) in [7, 11) is 1.46. The maximum Gasteiger partial charge on any atom is 0.329 e. The fraction of sp³-hybridized carbons (Fsp3) is 0.778. The Morgan fingerprint density at radius 3 is 2.89 bits per heavy atom. The van der Waals surface area contributed by atoms with Gasteiger partial charge >= 0.3 is 6.01 Å². The Labute approximate surface area is 107 Å². The Hall–Kier alpha value is -1.00. The zero-order valence-electron chi connectivity index (χ0n) is 9.68. The smallest absolute Gasteiger partial charge is 0.329 e. The lowest BCUT2D eigenvalue weighted by atomic mass is 9.99. The minimum atomic E-state index is -1.14. The highest BCUT2D eigenvalue weighted by molar-refractivity contribution is 7.09. The Balaban J connectivity index is 1.97. The molecule has 102 valence electrons. The van der Waals surface area contributed by atoms with Crippen LogP contribution in [0.15, 0.2) is 0 Å². The standard InChI is InChI=1S/C9H15N3O5S/c1-16-8-11-9(18-12-8)10-4-3-17-5(2-13)7(15)6(4)14/h4-7,13-15H,2-3H2,1H3,(H,10,11,12)/t4-,5+,6+,7-/m0/s1. The van der Waals surface area contributed by atoms with Crippen LogP contribution in [0.5, 0.6) is 6.01 Å². The summed E-state index contributed by atoms with van der Waals surface area (Å²) in [6.45, 7) is -0.178. The van der Waals surface area contributed by atoms with Crippen molar-refractivity contribution in [1.29, 1.82) is 0 Å². The van der Waals surface area contributed by atoms with Gasteiger partial charge in [-0.3, -0.25) is 0 Å². The summed E-state index contributed by atoms with van der Waals surface area (Å²) < 4.78 is 14.0. The van der Waals surface area contributed by atoms with Gasteiger partial charge in [0.1, 0.15) is 18.3 Å². The molecule has 1 aliphatic heterocycles. The molecular formula is C9H15N3O5S. The third kappa shape index (κ3) is 2.70. The molecule has 4 N–H and O–H groups in total. The first kappa shape index (κ1) is 13.4. The van der Waals surface area contributed by atoms with Crippen molar-refractivity contribution in [3.05, 3.63) is 0 Å². The number of hydrogen-bond acceptors (Lipinski definition) is 9. The lowest BCUT2D eigenvalue weighted by molar-refractivity contribution is -0.152. The molecule has 0 unspecified atom stereocenters. The van der Waals surface area contributed by atoms with Crippen LogP contribution in [0.25, 0.3) is 0 Å². The summed E-state index contributed by atoms with van der Waals surface area (Å²) >= 11 is 1.08. The molecule has 1 aromatic heterocycles. The number of ether oxygens (including phenoxy) is 2. The van der Waals surface area contributed by atoms with Crippen LogP contribution >= 0.6 is 11.5 Å². The molecule has 18 heavy (non-hydrogen) atoms. The first-order valence-electron chi connectivity index (χ1n) is 5.38. The second-order valence-electron chi connectivity index (χ2n) is 3.87. The molecule has 0 spiro atoms. The minimum absolute atomic E-state index is 0.158. The predicted octanol–water partition coefficient (Wildman–Crippen LogP) is -1.56. The number of anilines is 1. The van der Waals surface area contributed by atoms with Gasteiger partial charge in [-0.15, -0.1) is 4.37 Å². The number of nitrogens with one attached hydrogen (secondary N) is 1. The van der Waals surface area contributed by atoms with E-state index < -0.39 is 24.4 Å². The van der Waals surface area contributed by atoms with E-state index in [0.29, 0.717) is 5.13 Å². The number of aliphatic hydroxyl groups is 3. The van der Waals surface area contributed by atoms with E-state index in [1.165, 1.54) is 7.11 Å². The maximum absolute atomic E-state index is 9.89. The molecule has 1 aliphatic rings. The van der Waals surface area contributed by atoms with Gasteiger partial charge in [-0.2, -0.15) is 4.98 Å². The van der Waals surface area contributed by atoms with E-state index in [-0.39, 0.29) is 19.2 Å². The van der Waals surface area contributed by atoms with Crippen LogP contribution < -0.4 is 10.1 Å². The highest BCUT2D eigenvalue weighted by Crippen LogP contribution is 2.21. The number of hydrogen-bond donors (Lipinski definition) is 4. The monoisotopic (exact) mass is 277 g/mol. The van der Waals surface area contributed by atoms with Crippen molar-refractivity contribution in [2.75, 3.05) is 25.6 Å². The SMILES string of the molecule is COc1nsc(N[C@H]2CO[C@H](CO)[C@H](O)[C@@H]2O)n1. The fourth-order valence-corrected chi connectivity index (χ4v) is 2.28. The van der Waals surface area contributed by atoms with E-state index in [1.54, 1.807) is 0 Å². The molecule has 0 saturated carbocycles. The molecule has 1 aromatic rings. The van der Waals surface area contributed by atoms with E-state index >= 15 is 0 Å². The number of rotatable bonds is 4. The van der Waals surface area contributed by atoms with Crippen molar-refractivity contribution in [2.45, 2.75) is 24.4 Å². The summed E-state index contributed by atoms with van der Waals surface area (Å²) in [5.41, 5.74) is 0. The van der Waals surface area contributed by atoms with Crippen LogP contribution in [0.1, 0.15) is 0 Å². The molecule has 8 nitrogen and oxygen atoms in total. The first-order valence-corrected chi connectivity index (χ1v) is 6.16. The molecule has 2 heterocycles. The van der Waals surface area contributed by atoms with Crippen LogP contribution in [-0.2, 0) is 4.74 Å². The van der Waals surface area contributed by atoms with Crippen molar-refractivity contribution in [3.63, 3.8) is 0 Å². The van der Waals surface area contributed by atoms with Gasteiger partial charge in [0.05, 0.1) is 26.4 Å². The summed E-state index contributed by atoms with van der Waals surface area (Å²) in [5.74, 6) is 0. The Morgan fingerprint density at radius 2 is 2.28 bits per heavy atom. The molecule has 0 aliphatic carbocycles. The van der Waals surface area contributed by atoms with E-state index in [4.69, 9.17) is 14.6 Å². The molecular weight excluding hydrogens is 262 g/mol. The van der Waals surface area contributed by atoms with Gasteiger partial charge in [-0.05, 0) is 0 Å². The van der Waals surface area contributed by atoms with Crippen LogP contribution in [-0.4, -0.2) is 69.4 Å². The van der Waals surface area contributed by atoms with Crippen LogP contribution in [0.2, 0.25) is 0 Å². The molecule has 0 aromatic carbocycles. The van der Waals surface area contributed by atoms with Gasteiger partial charge in [0.15, 0.2) is 0 Å². The van der Waals surface area contributed by atoms with Gasteiger partial charge in [-0.25, -0.2) is 0 Å².